The van der Waals surface area contributed by atoms with Gasteiger partial charge in [-0.15, -0.1) is 11.6 Å². The van der Waals surface area contributed by atoms with Crippen molar-refractivity contribution in [2.45, 2.75) is 38.0 Å². The predicted octanol–water partition coefficient (Wildman–Crippen LogP) is 4.05. The Morgan fingerprint density at radius 1 is 1.47 bits per heavy atom. The first-order valence-corrected chi connectivity index (χ1v) is 6.66. The number of pyridine rings is 1. The number of nitrogens with zero attached hydrogens (tertiary/aromatic N) is 1. The maximum absolute atomic E-state index is 6.16. The van der Waals surface area contributed by atoms with Gasteiger partial charge >= 0.3 is 0 Å². The molecule has 1 unspecified atom stereocenters. The topological polar surface area (TPSA) is 22.1 Å². The van der Waals surface area contributed by atoms with Crippen LogP contribution in [0.4, 0.5) is 0 Å². The van der Waals surface area contributed by atoms with E-state index in [0.29, 0.717) is 0 Å². The summed E-state index contributed by atoms with van der Waals surface area (Å²) in [4.78, 5) is 4.23. The molecule has 1 atom stereocenters. The average molecular weight is 252 g/mol. The monoisotopic (exact) mass is 251 g/mol. The predicted molar refractivity (Wildman–Crippen MR) is 71.5 cm³/mol. The van der Waals surface area contributed by atoms with Crippen molar-refractivity contribution in [1.82, 2.24) is 4.98 Å². The number of alkyl halides is 1. The highest BCUT2D eigenvalue weighted by molar-refractivity contribution is 6.22. The van der Waals surface area contributed by atoms with Crippen LogP contribution in [0.3, 0.4) is 0 Å². The van der Waals surface area contributed by atoms with Crippen LogP contribution in [0.1, 0.15) is 38.2 Å². The highest BCUT2D eigenvalue weighted by Gasteiger charge is 2.13. The molecule has 2 nitrogen and oxygen atoms in total. The molecule has 0 bridgehead atoms. The van der Waals surface area contributed by atoms with Gasteiger partial charge in [-0.3, -0.25) is 4.98 Å². The van der Waals surface area contributed by atoms with E-state index in [1.807, 2.05) is 6.20 Å². The van der Waals surface area contributed by atoms with E-state index in [0.717, 1.165) is 43.6 Å². The minimum absolute atomic E-state index is 0.166. The Balaban J connectivity index is 2.15. The Labute approximate surface area is 108 Å². The molecule has 1 aromatic heterocycles. The molecule has 0 spiro atoms. The van der Waals surface area contributed by atoms with Gasteiger partial charge in [0.1, 0.15) is 5.75 Å². The van der Waals surface area contributed by atoms with Crippen LogP contribution in [-0.2, 0) is 0 Å². The highest BCUT2D eigenvalue weighted by atomic mass is 35.5. The Bertz CT molecular complexity index is 403. The van der Waals surface area contributed by atoms with Crippen LogP contribution in [0.25, 0.3) is 5.57 Å². The van der Waals surface area contributed by atoms with Crippen LogP contribution in [-0.4, -0.2) is 17.0 Å². The summed E-state index contributed by atoms with van der Waals surface area (Å²) in [5.41, 5.74) is 2.44. The molecule has 0 radical (unpaired) electrons. The largest absolute Gasteiger partial charge is 0.492 e. The van der Waals surface area contributed by atoms with E-state index in [9.17, 15) is 0 Å². The number of aromatic nitrogens is 1. The lowest BCUT2D eigenvalue weighted by molar-refractivity contribution is 0.316. The van der Waals surface area contributed by atoms with Gasteiger partial charge in [0.2, 0.25) is 0 Å². The third-order valence-electron chi connectivity index (χ3n) is 2.86. The lowest BCUT2D eigenvalue weighted by Gasteiger charge is -2.17. The molecule has 0 saturated carbocycles. The molecule has 0 aromatic carbocycles. The molecule has 0 N–H and O–H groups in total. The molecule has 3 heteroatoms. The van der Waals surface area contributed by atoms with Crippen molar-refractivity contribution in [3.05, 3.63) is 30.1 Å². The Morgan fingerprint density at radius 2 is 2.35 bits per heavy atom. The van der Waals surface area contributed by atoms with E-state index >= 15 is 0 Å². The first kappa shape index (κ1) is 12.4. The molecule has 1 heterocycles. The standard InChI is InChI=1S/C14H18ClNO/c1-2-6-17-14-8-12(9-16-10-14)11-4-3-5-13(15)7-11/h7-10,13H,2-6H2,1H3. The third-order valence-corrected chi connectivity index (χ3v) is 3.21. The van der Waals surface area contributed by atoms with Crippen LogP contribution in [0.15, 0.2) is 24.5 Å². The van der Waals surface area contributed by atoms with Crippen molar-refractivity contribution in [3.63, 3.8) is 0 Å². The van der Waals surface area contributed by atoms with E-state index in [4.69, 9.17) is 16.3 Å². The highest BCUT2D eigenvalue weighted by Crippen LogP contribution is 2.30. The van der Waals surface area contributed by atoms with Gasteiger partial charge in [0.15, 0.2) is 0 Å². The van der Waals surface area contributed by atoms with Gasteiger partial charge in [-0.1, -0.05) is 13.0 Å². The second-order valence-corrected chi connectivity index (χ2v) is 4.92. The Hall–Kier alpha value is -1.02. The summed E-state index contributed by atoms with van der Waals surface area (Å²) in [6.07, 6.45) is 10.1. The number of allylic oxidation sites excluding steroid dienone is 2. The minimum Gasteiger partial charge on any atom is -0.492 e. The van der Waals surface area contributed by atoms with Gasteiger partial charge in [0, 0.05) is 6.20 Å². The number of hydrogen-bond acceptors (Lipinski definition) is 2. The fourth-order valence-corrected chi connectivity index (χ4v) is 2.31. The van der Waals surface area contributed by atoms with Crippen LogP contribution >= 0.6 is 11.6 Å². The molecule has 1 aromatic rings. The molecule has 17 heavy (non-hydrogen) atoms. The summed E-state index contributed by atoms with van der Waals surface area (Å²) in [7, 11) is 0. The van der Waals surface area contributed by atoms with Gasteiger partial charge in [-0.05, 0) is 42.9 Å². The number of hydrogen-bond donors (Lipinski definition) is 0. The van der Waals surface area contributed by atoms with E-state index in [1.54, 1.807) is 6.20 Å². The van der Waals surface area contributed by atoms with Crippen molar-refractivity contribution >= 4 is 17.2 Å². The maximum Gasteiger partial charge on any atom is 0.138 e. The van der Waals surface area contributed by atoms with Crippen molar-refractivity contribution in [3.8, 4) is 5.75 Å². The average Bonchev–Trinajstić information content (AvgIpc) is 2.37. The summed E-state index contributed by atoms with van der Waals surface area (Å²) >= 11 is 6.16. The molecular formula is C14H18ClNO. The summed E-state index contributed by atoms with van der Waals surface area (Å²) in [5.74, 6) is 0.849. The second kappa shape index (κ2) is 6.06. The lowest BCUT2D eigenvalue weighted by atomic mass is 9.94. The van der Waals surface area contributed by atoms with Gasteiger partial charge in [0.25, 0.3) is 0 Å². The van der Waals surface area contributed by atoms with Crippen molar-refractivity contribution in [1.29, 1.82) is 0 Å². The van der Waals surface area contributed by atoms with Crippen molar-refractivity contribution in [2.24, 2.45) is 0 Å². The molecular weight excluding hydrogens is 234 g/mol. The fraction of sp³-hybridized carbons (Fsp3) is 0.500. The van der Waals surface area contributed by atoms with E-state index in [-0.39, 0.29) is 5.38 Å². The van der Waals surface area contributed by atoms with Crippen LogP contribution in [0.2, 0.25) is 0 Å². The summed E-state index contributed by atoms with van der Waals surface area (Å²) in [6, 6.07) is 2.06. The SMILES string of the molecule is CCCOc1cncc(C2=CC(Cl)CCC2)c1. The minimum atomic E-state index is 0.166. The van der Waals surface area contributed by atoms with Gasteiger partial charge in [-0.25, -0.2) is 0 Å². The van der Waals surface area contributed by atoms with Gasteiger partial charge < -0.3 is 4.74 Å². The lowest BCUT2D eigenvalue weighted by Crippen LogP contribution is -2.03. The number of halogens is 1. The maximum atomic E-state index is 6.16. The molecule has 92 valence electrons. The first-order chi connectivity index (χ1) is 8.29. The molecule has 0 amide bonds. The zero-order valence-corrected chi connectivity index (χ0v) is 10.9. The zero-order valence-electron chi connectivity index (χ0n) is 10.2. The van der Waals surface area contributed by atoms with Crippen molar-refractivity contribution in [2.75, 3.05) is 6.61 Å². The number of ether oxygens (including phenoxy) is 1. The van der Waals surface area contributed by atoms with Crippen LogP contribution in [0.5, 0.6) is 5.75 Å². The molecule has 0 aliphatic heterocycles. The van der Waals surface area contributed by atoms with Crippen molar-refractivity contribution < 1.29 is 4.74 Å². The molecule has 1 aliphatic carbocycles. The second-order valence-electron chi connectivity index (χ2n) is 4.36. The smallest absolute Gasteiger partial charge is 0.138 e. The normalized spacial score (nSPS) is 19.9. The van der Waals surface area contributed by atoms with Crippen LogP contribution in [0, 0.1) is 0 Å². The molecule has 0 saturated heterocycles. The Kier molecular flexibility index (Phi) is 4.43. The van der Waals surface area contributed by atoms with Crippen LogP contribution < -0.4 is 4.74 Å². The van der Waals surface area contributed by atoms with Gasteiger partial charge in [-0.2, -0.15) is 0 Å². The quantitative estimate of drug-likeness (QED) is 0.754. The molecule has 2 rings (SSSR count). The van der Waals surface area contributed by atoms with Gasteiger partial charge in [0.05, 0.1) is 18.2 Å². The van der Waals surface area contributed by atoms with E-state index in [2.05, 4.69) is 24.1 Å². The third kappa shape index (κ3) is 3.47. The fourth-order valence-electron chi connectivity index (χ4n) is 2.01. The first-order valence-electron chi connectivity index (χ1n) is 6.22. The molecule has 0 fully saturated rings. The van der Waals surface area contributed by atoms with E-state index < -0.39 is 0 Å². The summed E-state index contributed by atoms with van der Waals surface area (Å²) in [5, 5.41) is 0.166. The Morgan fingerprint density at radius 3 is 3.12 bits per heavy atom. The number of rotatable bonds is 4. The zero-order chi connectivity index (χ0) is 12.1. The molecule has 1 aliphatic rings. The van der Waals surface area contributed by atoms with E-state index in [1.165, 1.54) is 5.57 Å². The summed E-state index contributed by atoms with van der Waals surface area (Å²) in [6.45, 7) is 2.83. The summed E-state index contributed by atoms with van der Waals surface area (Å²) < 4.78 is 5.59.